The molecule has 2 heterocycles. The van der Waals surface area contributed by atoms with E-state index in [1.54, 1.807) is 0 Å². The fourth-order valence-corrected chi connectivity index (χ4v) is 2.32. The highest BCUT2D eigenvalue weighted by Crippen LogP contribution is 2.17. The summed E-state index contributed by atoms with van der Waals surface area (Å²) in [7, 11) is 2.06. The number of hydrogen-bond donors (Lipinski definition) is 1. The minimum Gasteiger partial charge on any atom is -0.381 e. The van der Waals surface area contributed by atoms with E-state index < -0.39 is 0 Å². The number of hydrogen-bond acceptors (Lipinski definition) is 5. The Morgan fingerprint density at radius 2 is 2.00 bits per heavy atom. The minimum absolute atomic E-state index is 0.197. The van der Waals surface area contributed by atoms with Crippen LogP contribution in [0.15, 0.2) is 12.4 Å². The van der Waals surface area contributed by atoms with Gasteiger partial charge in [-0.05, 0) is 31.2 Å². The summed E-state index contributed by atoms with van der Waals surface area (Å²) >= 11 is 0. The van der Waals surface area contributed by atoms with Crippen LogP contribution in [0.5, 0.6) is 0 Å². The van der Waals surface area contributed by atoms with Crippen LogP contribution in [0.1, 0.15) is 31.7 Å². The van der Waals surface area contributed by atoms with Crippen molar-refractivity contribution in [3.05, 3.63) is 18.0 Å². The van der Waals surface area contributed by atoms with Crippen molar-refractivity contribution in [3.63, 3.8) is 0 Å². The van der Waals surface area contributed by atoms with Crippen molar-refractivity contribution in [2.45, 2.75) is 44.7 Å². The lowest BCUT2D eigenvalue weighted by Gasteiger charge is -2.31. The Balaban J connectivity index is 1.96. The molecule has 19 heavy (non-hydrogen) atoms. The zero-order valence-electron chi connectivity index (χ0n) is 11.9. The van der Waals surface area contributed by atoms with E-state index in [1.807, 2.05) is 12.4 Å². The number of nitrogens with two attached hydrogens (primary N) is 1. The Bertz CT molecular complexity index is 376. The Morgan fingerprint density at radius 3 is 2.58 bits per heavy atom. The number of rotatable bonds is 5. The Hall–Kier alpha value is -1.20. The maximum absolute atomic E-state index is 5.94. The standard InChI is InChI=1S/C14H24N4O/c1-3-12(15)8-11-9-16-14(17-10-11)18(2)13-4-6-19-7-5-13/h9-10,12-13H,3-8,15H2,1-2H3. The van der Waals surface area contributed by atoms with Crippen LogP contribution < -0.4 is 10.6 Å². The summed E-state index contributed by atoms with van der Waals surface area (Å²) in [6, 6.07) is 0.681. The van der Waals surface area contributed by atoms with Crippen molar-refractivity contribution in [3.8, 4) is 0 Å². The molecule has 1 unspecified atom stereocenters. The Morgan fingerprint density at radius 1 is 1.37 bits per heavy atom. The van der Waals surface area contributed by atoms with Crippen LogP contribution >= 0.6 is 0 Å². The molecule has 0 radical (unpaired) electrons. The van der Waals surface area contributed by atoms with E-state index in [0.717, 1.165) is 50.4 Å². The maximum Gasteiger partial charge on any atom is 0.225 e. The fraction of sp³-hybridized carbons (Fsp3) is 0.714. The molecule has 0 spiro atoms. The van der Waals surface area contributed by atoms with Gasteiger partial charge in [-0.2, -0.15) is 0 Å². The topological polar surface area (TPSA) is 64.3 Å². The van der Waals surface area contributed by atoms with Crippen molar-refractivity contribution in [2.75, 3.05) is 25.2 Å². The molecule has 0 aliphatic carbocycles. The molecule has 0 bridgehead atoms. The molecule has 106 valence electrons. The van der Waals surface area contributed by atoms with E-state index in [2.05, 4.69) is 28.8 Å². The summed E-state index contributed by atoms with van der Waals surface area (Å²) in [5.41, 5.74) is 7.05. The van der Waals surface area contributed by atoms with Gasteiger partial charge in [0.2, 0.25) is 5.95 Å². The Labute approximate surface area is 115 Å². The van der Waals surface area contributed by atoms with E-state index >= 15 is 0 Å². The van der Waals surface area contributed by atoms with Crippen LogP contribution in [-0.4, -0.2) is 42.3 Å². The van der Waals surface area contributed by atoms with Gasteiger partial charge in [0.1, 0.15) is 0 Å². The largest absolute Gasteiger partial charge is 0.381 e. The number of aromatic nitrogens is 2. The van der Waals surface area contributed by atoms with E-state index in [4.69, 9.17) is 10.5 Å². The van der Waals surface area contributed by atoms with E-state index in [0.29, 0.717) is 6.04 Å². The van der Waals surface area contributed by atoms with Gasteiger partial charge < -0.3 is 15.4 Å². The SMILES string of the molecule is CCC(N)Cc1cnc(N(C)C2CCOCC2)nc1. The van der Waals surface area contributed by atoms with E-state index in [1.165, 1.54) is 0 Å². The molecule has 0 saturated carbocycles. The summed E-state index contributed by atoms with van der Waals surface area (Å²) in [6.45, 7) is 3.76. The second-order valence-electron chi connectivity index (χ2n) is 5.22. The first-order valence-electron chi connectivity index (χ1n) is 7.07. The third-order valence-electron chi connectivity index (χ3n) is 3.77. The summed E-state index contributed by atoms with van der Waals surface area (Å²) in [5.74, 6) is 0.792. The molecule has 2 rings (SSSR count). The predicted molar refractivity (Wildman–Crippen MR) is 76.2 cm³/mol. The summed E-state index contributed by atoms with van der Waals surface area (Å²) in [5, 5.41) is 0. The molecule has 1 aliphatic rings. The van der Waals surface area contributed by atoms with Gasteiger partial charge in [-0.15, -0.1) is 0 Å². The van der Waals surface area contributed by atoms with Crippen molar-refractivity contribution < 1.29 is 4.74 Å². The lowest BCUT2D eigenvalue weighted by molar-refractivity contribution is 0.0852. The quantitative estimate of drug-likeness (QED) is 0.870. The van der Waals surface area contributed by atoms with Gasteiger partial charge in [-0.25, -0.2) is 9.97 Å². The average Bonchev–Trinajstić information content (AvgIpc) is 2.48. The van der Waals surface area contributed by atoms with Crippen LogP contribution in [0.2, 0.25) is 0 Å². The average molecular weight is 264 g/mol. The monoisotopic (exact) mass is 264 g/mol. The Kier molecular flexibility index (Phi) is 5.10. The number of ether oxygens (including phenoxy) is 1. The first-order valence-corrected chi connectivity index (χ1v) is 7.07. The van der Waals surface area contributed by atoms with E-state index in [-0.39, 0.29) is 6.04 Å². The lowest BCUT2D eigenvalue weighted by Crippen LogP contribution is -2.37. The molecule has 1 aliphatic heterocycles. The van der Waals surface area contributed by atoms with Crippen molar-refractivity contribution in [1.29, 1.82) is 0 Å². The molecule has 5 heteroatoms. The van der Waals surface area contributed by atoms with Crippen LogP contribution in [0.3, 0.4) is 0 Å². The van der Waals surface area contributed by atoms with Crippen LogP contribution in [0.4, 0.5) is 5.95 Å². The van der Waals surface area contributed by atoms with Gasteiger partial charge in [0.25, 0.3) is 0 Å². The second kappa shape index (κ2) is 6.82. The molecule has 5 nitrogen and oxygen atoms in total. The molecule has 1 atom stereocenters. The van der Waals surface area contributed by atoms with Gasteiger partial charge in [-0.3, -0.25) is 0 Å². The van der Waals surface area contributed by atoms with Gasteiger partial charge in [0.05, 0.1) is 0 Å². The van der Waals surface area contributed by atoms with Crippen LogP contribution in [0, 0.1) is 0 Å². The highest BCUT2D eigenvalue weighted by molar-refractivity contribution is 5.30. The lowest BCUT2D eigenvalue weighted by atomic mass is 10.1. The summed E-state index contributed by atoms with van der Waals surface area (Å²) in [4.78, 5) is 11.1. The van der Waals surface area contributed by atoms with Crippen molar-refractivity contribution in [1.82, 2.24) is 9.97 Å². The second-order valence-corrected chi connectivity index (χ2v) is 5.22. The van der Waals surface area contributed by atoms with Gasteiger partial charge in [0, 0.05) is 44.7 Å². The first-order chi connectivity index (χ1) is 9.20. The third kappa shape index (κ3) is 3.88. The highest BCUT2D eigenvalue weighted by Gasteiger charge is 2.20. The summed E-state index contributed by atoms with van der Waals surface area (Å²) in [6.07, 6.45) is 7.70. The third-order valence-corrected chi connectivity index (χ3v) is 3.77. The first kappa shape index (κ1) is 14.2. The molecule has 2 N–H and O–H groups in total. The smallest absolute Gasteiger partial charge is 0.225 e. The summed E-state index contributed by atoms with van der Waals surface area (Å²) < 4.78 is 5.38. The van der Waals surface area contributed by atoms with Gasteiger partial charge in [0.15, 0.2) is 0 Å². The fourth-order valence-electron chi connectivity index (χ4n) is 2.32. The highest BCUT2D eigenvalue weighted by atomic mass is 16.5. The normalized spacial score (nSPS) is 18.3. The molecule has 1 fully saturated rings. The van der Waals surface area contributed by atoms with Crippen molar-refractivity contribution >= 4 is 5.95 Å². The predicted octanol–water partition coefficient (Wildman–Crippen LogP) is 1.37. The molecular formula is C14H24N4O. The molecule has 1 saturated heterocycles. The molecule has 1 aromatic heterocycles. The zero-order chi connectivity index (χ0) is 13.7. The number of nitrogens with zero attached hydrogens (tertiary/aromatic N) is 3. The molecular weight excluding hydrogens is 240 g/mol. The molecule has 1 aromatic rings. The van der Waals surface area contributed by atoms with Gasteiger partial charge >= 0.3 is 0 Å². The van der Waals surface area contributed by atoms with Gasteiger partial charge in [-0.1, -0.05) is 6.92 Å². The number of anilines is 1. The van der Waals surface area contributed by atoms with Crippen LogP contribution in [-0.2, 0) is 11.2 Å². The van der Waals surface area contributed by atoms with E-state index in [9.17, 15) is 0 Å². The van der Waals surface area contributed by atoms with Crippen molar-refractivity contribution in [2.24, 2.45) is 5.73 Å². The molecule has 0 amide bonds. The van der Waals surface area contributed by atoms with Crippen LogP contribution in [0.25, 0.3) is 0 Å². The maximum atomic E-state index is 5.94. The molecule has 0 aromatic carbocycles. The minimum atomic E-state index is 0.197. The zero-order valence-corrected chi connectivity index (χ0v) is 11.9.